The molecule has 1 aromatic heterocycles. The van der Waals surface area contributed by atoms with Crippen LogP contribution >= 0.6 is 0 Å². The van der Waals surface area contributed by atoms with Gasteiger partial charge in [0.2, 0.25) is 5.91 Å². The minimum atomic E-state index is -0.536. The highest BCUT2D eigenvalue weighted by atomic mass is 19.1. The summed E-state index contributed by atoms with van der Waals surface area (Å²) in [5, 5.41) is 6.83. The molecule has 7 nitrogen and oxygen atoms in total. The Balaban J connectivity index is 1.64. The van der Waals surface area contributed by atoms with Crippen LogP contribution in [0.5, 0.6) is 5.75 Å². The van der Waals surface area contributed by atoms with Gasteiger partial charge in [-0.15, -0.1) is 0 Å². The second-order valence-corrected chi connectivity index (χ2v) is 7.00. The first kappa shape index (κ1) is 19.9. The molecule has 0 saturated carbocycles. The number of aromatic nitrogens is 1. The third kappa shape index (κ3) is 4.49. The SMILES string of the molecule is COc1cc(F)cc(C(=O)NC2CCC(=O)N(Cc3c(C)noc3C)CC2)c1. The number of halogens is 1. The van der Waals surface area contributed by atoms with Crippen molar-refractivity contribution in [2.75, 3.05) is 13.7 Å². The van der Waals surface area contributed by atoms with Gasteiger partial charge in [0.1, 0.15) is 17.3 Å². The van der Waals surface area contributed by atoms with Crippen LogP contribution in [0.4, 0.5) is 4.39 Å². The van der Waals surface area contributed by atoms with Crippen molar-refractivity contribution in [2.24, 2.45) is 0 Å². The van der Waals surface area contributed by atoms with Crippen molar-refractivity contribution in [3.63, 3.8) is 0 Å². The first-order chi connectivity index (χ1) is 13.4. The molecule has 2 aromatic rings. The van der Waals surface area contributed by atoms with E-state index in [1.807, 2.05) is 13.8 Å². The number of rotatable bonds is 5. The summed E-state index contributed by atoms with van der Waals surface area (Å²) in [6.07, 6.45) is 1.49. The van der Waals surface area contributed by atoms with E-state index >= 15 is 0 Å². The zero-order valence-electron chi connectivity index (χ0n) is 16.3. The Kier molecular flexibility index (Phi) is 5.96. The molecule has 8 heteroatoms. The first-order valence-corrected chi connectivity index (χ1v) is 9.22. The van der Waals surface area contributed by atoms with E-state index in [2.05, 4.69) is 10.5 Å². The Morgan fingerprint density at radius 3 is 2.82 bits per heavy atom. The first-order valence-electron chi connectivity index (χ1n) is 9.22. The molecule has 0 spiro atoms. The number of benzene rings is 1. The van der Waals surface area contributed by atoms with E-state index < -0.39 is 5.82 Å². The maximum Gasteiger partial charge on any atom is 0.251 e. The van der Waals surface area contributed by atoms with Crippen LogP contribution in [0.25, 0.3) is 0 Å². The maximum absolute atomic E-state index is 13.6. The van der Waals surface area contributed by atoms with Crippen LogP contribution in [-0.2, 0) is 11.3 Å². The van der Waals surface area contributed by atoms with Gasteiger partial charge in [-0.25, -0.2) is 4.39 Å². The summed E-state index contributed by atoms with van der Waals surface area (Å²) in [5.74, 6) is 0.107. The number of nitrogens with one attached hydrogen (secondary N) is 1. The standard InChI is InChI=1S/C20H24FN3O4/c1-12-18(13(2)28-23-12)11-24-7-6-16(4-5-19(24)25)22-20(26)14-8-15(21)10-17(9-14)27-3/h8-10,16H,4-7,11H2,1-3H3,(H,22,26). The van der Waals surface area contributed by atoms with Crippen LogP contribution in [0.1, 0.15) is 46.6 Å². The fraction of sp³-hybridized carbons (Fsp3) is 0.450. The van der Waals surface area contributed by atoms with Crippen LogP contribution in [0.3, 0.4) is 0 Å². The number of hydrogen-bond donors (Lipinski definition) is 1. The van der Waals surface area contributed by atoms with E-state index in [1.54, 1.807) is 4.90 Å². The van der Waals surface area contributed by atoms with Crippen LogP contribution in [0, 0.1) is 19.7 Å². The van der Waals surface area contributed by atoms with Gasteiger partial charge in [0, 0.05) is 36.2 Å². The Morgan fingerprint density at radius 1 is 1.36 bits per heavy atom. The molecule has 0 radical (unpaired) electrons. The van der Waals surface area contributed by atoms with Crippen LogP contribution in [0.2, 0.25) is 0 Å². The lowest BCUT2D eigenvalue weighted by Gasteiger charge is -2.21. The summed E-state index contributed by atoms with van der Waals surface area (Å²) in [7, 11) is 1.42. The molecule has 1 aliphatic heterocycles. The maximum atomic E-state index is 13.6. The van der Waals surface area contributed by atoms with Gasteiger partial charge in [-0.3, -0.25) is 9.59 Å². The third-order valence-electron chi connectivity index (χ3n) is 5.04. The molecule has 1 saturated heterocycles. The van der Waals surface area contributed by atoms with Crippen molar-refractivity contribution in [3.05, 3.63) is 46.6 Å². The van der Waals surface area contributed by atoms with Gasteiger partial charge in [-0.05, 0) is 38.8 Å². The Bertz CT molecular complexity index is 861. The second-order valence-electron chi connectivity index (χ2n) is 7.00. The molecule has 1 aromatic carbocycles. The van der Waals surface area contributed by atoms with Gasteiger partial charge in [0.25, 0.3) is 5.91 Å². The second kappa shape index (κ2) is 8.41. The molecule has 3 rings (SSSR count). The number of likely N-dealkylation sites (tertiary alicyclic amines) is 1. The highest BCUT2D eigenvalue weighted by Gasteiger charge is 2.25. The summed E-state index contributed by atoms with van der Waals surface area (Å²) in [6, 6.07) is 3.71. The molecule has 1 atom stereocenters. The van der Waals surface area contributed by atoms with Crippen molar-refractivity contribution < 1.29 is 23.2 Å². The summed E-state index contributed by atoms with van der Waals surface area (Å²) >= 11 is 0. The predicted molar refractivity (Wildman–Crippen MR) is 99.5 cm³/mol. The Hall–Kier alpha value is -2.90. The minimum Gasteiger partial charge on any atom is -0.497 e. The molecular formula is C20H24FN3O4. The molecule has 28 heavy (non-hydrogen) atoms. The molecule has 1 N–H and O–H groups in total. The molecule has 2 amide bonds. The zero-order chi connectivity index (χ0) is 20.3. The molecule has 1 unspecified atom stereocenters. The Morgan fingerprint density at radius 2 is 2.14 bits per heavy atom. The van der Waals surface area contributed by atoms with E-state index in [9.17, 15) is 14.0 Å². The lowest BCUT2D eigenvalue weighted by atomic mass is 10.1. The number of carbonyl (C=O) groups excluding carboxylic acids is 2. The summed E-state index contributed by atoms with van der Waals surface area (Å²) in [5.41, 5.74) is 1.89. The Labute approximate surface area is 162 Å². The van der Waals surface area contributed by atoms with Crippen LogP contribution < -0.4 is 10.1 Å². The molecular weight excluding hydrogens is 365 g/mol. The molecule has 0 bridgehead atoms. The average Bonchev–Trinajstić information content (AvgIpc) is 2.88. The predicted octanol–water partition coefficient (Wildman–Crippen LogP) is 2.75. The minimum absolute atomic E-state index is 0.0316. The van der Waals surface area contributed by atoms with E-state index in [0.717, 1.165) is 11.3 Å². The summed E-state index contributed by atoms with van der Waals surface area (Å²) in [6.45, 7) is 4.64. The van der Waals surface area contributed by atoms with Gasteiger partial charge in [0.05, 0.1) is 19.3 Å². The summed E-state index contributed by atoms with van der Waals surface area (Å²) in [4.78, 5) is 26.8. The summed E-state index contributed by atoms with van der Waals surface area (Å²) < 4.78 is 23.8. The number of aryl methyl sites for hydroxylation is 2. The van der Waals surface area contributed by atoms with Crippen molar-refractivity contribution >= 4 is 11.8 Å². The highest BCUT2D eigenvalue weighted by molar-refractivity contribution is 5.94. The number of nitrogens with zero attached hydrogens (tertiary/aromatic N) is 2. The molecule has 1 fully saturated rings. The normalized spacial score (nSPS) is 17.4. The third-order valence-corrected chi connectivity index (χ3v) is 5.04. The smallest absolute Gasteiger partial charge is 0.251 e. The van der Waals surface area contributed by atoms with E-state index in [4.69, 9.17) is 9.26 Å². The highest BCUT2D eigenvalue weighted by Crippen LogP contribution is 2.20. The van der Waals surface area contributed by atoms with Gasteiger partial charge in [0.15, 0.2) is 0 Å². The lowest BCUT2D eigenvalue weighted by molar-refractivity contribution is -0.131. The fourth-order valence-corrected chi connectivity index (χ4v) is 3.35. The fourth-order valence-electron chi connectivity index (χ4n) is 3.35. The number of methoxy groups -OCH3 is 1. The molecule has 150 valence electrons. The zero-order valence-corrected chi connectivity index (χ0v) is 16.3. The largest absolute Gasteiger partial charge is 0.497 e. The molecule has 1 aliphatic rings. The number of ether oxygens (including phenoxy) is 1. The molecule has 2 heterocycles. The lowest BCUT2D eigenvalue weighted by Crippen LogP contribution is -2.36. The van der Waals surface area contributed by atoms with Crippen LogP contribution in [0.15, 0.2) is 22.7 Å². The van der Waals surface area contributed by atoms with E-state index in [0.29, 0.717) is 38.1 Å². The van der Waals surface area contributed by atoms with Gasteiger partial charge < -0.3 is 19.5 Å². The quantitative estimate of drug-likeness (QED) is 0.850. The van der Waals surface area contributed by atoms with Crippen molar-refractivity contribution in [1.82, 2.24) is 15.4 Å². The van der Waals surface area contributed by atoms with Gasteiger partial charge in [-0.2, -0.15) is 0 Å². The topological polar surface area (TPSA) is 84.7 Å². The average molecular weight is 389 g/mol. The van der Waals surface area contributed by atoms with Crippen molar-refractivity contribution in [3.8, 4) is 5.75 Å². The van der Waals surface area contributed by atoms with E-state index in [1.165, 1.54) is 25.3 Å². The van der Waals surface area contributed by atoms with Gasteiger partial charge >= 0.3 is 0 Å². The number of amides is 2. The molecule has 0 aliphatic carbocycles. The van der Waals surface area contributed by atoms with Crippen molar-refractivity contribution in [1.29, 1.82) is 0 Å². The number of carbonyl (C=O) groups is 2. The van der Waals surface area contributed by atoms with Gasteiger partial charge in [-0.1, -0.05) is 5.16 Å². The number of hydrogen-bond acceptors (Lipinski definition) is 5. The van der Waals surface area contributed by atoms with Crippen LogP contribution in [-0.4, -0.2) is 41.6 Å². The van der Waals surface area contributed by atoms with Crippen molar-refractivity contribution in [2.45, 2.75) is 45.7 Å². The van der Waals surface area contributed by atoms with E-state index in [-0.39, 0.29) is 29.2 Å². The monoisotopic (exact) mass is 389 g/mol.